The second-order valence-electron chi connectivity index (χ2n) is 4.51. The van der Waals surface area contributed by atoms with Crippen molar-refractivity contribution in [1.29, 1.82) is 0 Å². The van der Waals surface area contributed by atoms with Gasteiger partial charge in [-0.25, -0.2) is 4.98 Å². The Labute approximate surface area is 94.7 Å². The lowest BCUT2D eigenvalue weighted by atomic mass is 10.2. The van der Waals surface area contributed by atoms with E-state index in [9.17, 15) is 0 Å². The van der Waals surface area contributed by atoms with Crippen molar-refractivity contribution in [3.8, 4) is 0 Å². The molecule has 3 heterocycles. The monoisotopic (exact) mass is 216 g/mol. The Balaban J connectivity index is 1.78. The van der Waals surface area contributed by atoms with E-state index in [-0.39, 0.29) is 0 Å². The molecule has 1 fully saturated rings. The van der Waals surface area contributed by atoms with E-state index in [1.165, 1.54) is 5.56 Å². The number of likely N-dealkylation sites (tertiary alicyclic amines) is 1. The molecule has 1 aliphatic rings. The fourth-order valence-electron chi connectivity index (χ4n) is 2.32. The molecule has 2 aromatic heterocycles. The molecule has 4 nitrogen and oxygen atoms in total. The van der Waals surface area contributed by atoms with Crippen LogP contribution in [0.5, 0.6) is 0 Å². The van der Waals surface area contributed by atoms with Gasteiger partial charge >= 0.3 is 0 Å². The Bertz CT molecular complexity index is 490. The average molecular weight is 216 g/mol. The van der Waals surface area contributed by atoms with Crippen molar-refractivity contribution in [1.82, 2.24) is 14.3 Å². The van der Waals surface area contributed by atoms with Crippen molar-refractivity contribution in [3.05, 3.63) is 36.3 Å². The van der Waals surface area contributed by atoms with E-state index in [0.29, 0.717) is 6.04 Å². The standard InChI is InChI=1S/C12H16N4/c13-11-3-5-15(9-11)7-10-1-2-12-14-4-6-16(12)8-10/h1-2,4,6,8,11H,3,5,7,9,13H2/t11-/m0/s1. The number of aromatic nitrogens is 2. The van der Waals surface area contributed by atoms with Gasteiger partial charge in [0, 0.05) is 44.3 Å². The molecule has 2 N–H and O–H groups in total. The van der Waals surface area contributed by atoms with Gasteiger partial charge in [0.1, 0.15) is 5.65 Å². The molecule has 2 aromatic rings. The molecule has 16 heavy (non-hydrogen) atoms. The van der Waals surface area contributed by atoms with E-state index in [1.54, 1.807) is 0 Å². The number of nitrogens with zero attached hydrogens (tertiary/aromatic N) is 3. The van der Waals surface area contributed by atoms with Gasteiger partial charge in [-0.05, 0) is 18.1 Å². The minimum atomic E-state index is 0.358. The predicted octanol–water partition coefficient (Wildman–Crippen LogP) is 0.867. The smallest absolute Gasteiger partial charge is 0.136 e. The van der Waals surface area contributed by atoms with Crippen LogP contribution in [0.3, 0.4) is 0 Å². The number of rotatable bonds is 2. The zero-order valence-corrected chi connectivity index (χ0v) is 9.21. The summed E-state index contributed by atoms with van der Waals surface area (Å²) >= 11 is 0. The van der Waals surface area contributed by atoms with Gasteiger partial charge in [0.05, 0.1) is 0 Å². The van der Waals surface area contributed by atoms with Gasteiger partial charge in [-0.15, -0.1) is 0 Å². The van der Waals surface area contributed by atoms with E-state index in [4.69, 9.17) is 5.73 Å². The lowest BCUT2D eigenvalue weighted by Gasteiger charge is -2.15. The Morgan fingerprint density at radius 3 is 3.19 bits per heavy atom. The summed E-state index contributed by atoms with van der Waals surface area (Å²) in [4.78, 5) is 6.64. The Morgan fingerprint density at radius 2 is 2.38 bits per heavy atom. The maximum absolute atomic E-state index is 5.90. The van der Waals surface area contributed by atoms with Gasteiger partial charge in [0.2, 0.25) is 0 Å². The van der Waals surface area contributed by atoms with Crippen molar-refractivity contribution in [3.63, 3.8) is 0 Å². The maximum Gasteiger partial charge on any atom is 0.136 e. The van der Waals surface area contributed by atoms with Crippen LogP contribution in [0.4, 0.5) is 0 Å². The zero-order valence-electron chi connectivity index (χ0n) is 9.21. The van der Waals surface area contributed by atoms with Crippen molar-refractivity contribution >= 4 is 5.65 Å². The van der Waals surface area contributed by atoms with Crippen molar-refractivity contribution in [2.75, 3.05) is 13.1 Å². The Hall–Kier alpha value is -1.39. The fourth-order valence-corrected chi connectivity index (χ4v) is 2.32. The summed E-state index contributed by atoms with van der Waals surface area (Å²) in [5, 5.41) is 0. The predicted molar refractivity (Wildman–Crippen MR) is 63.1 cm³/mol. The minimum Gasteiger partial charge on any atom is -0.326 e. The van der Waals surface area contributed by atoms with Crippen LogP contribution >= 0.6 is 0 Å². The molecule has 0 aliphatic carbocycles. The normalized spacial score (nSPS) is 21.9. The first-order valence-electron chi connectivity index (χ1n) is 5.71. The van der Waals surface area contributed by atoms with E-state index in [2.05, 4.69) is 32.6 Å². The highest BCUT2D eigenvalue weighted by Crippen LogP contribution is 2.12. The maximum atomic E-state index is 5.90. The molecule has 0 spiro atoms. The van der Waals surface area contributed by atoms with Crippen LogP contribution in [-0.2, 0) is 6.54 Å². The molecule has 3 rings (SSSR count). The lowest BCUT2D eigenvalue weighted by molar-refractivity contribution is 0.326. The highest BCUT2D eigenvalue weighted by Gasteiger charge is 2.18. The number of imidazole rings is 1. The van der Waals surface area contributed by atoms with Crippen LogP contribution in [0.1, 0.15) is 12.0 Å². The first-order chi connectivity index (χ1) is 7.81. The molecule has 4 heteroatoms. The van der Waals surface area contributed by atoms with Gasteiger partial charge in [-0.1, -0.05) is 6.07 Å². The molecular formula is C12H16N4. The van der Waals surface area contributed by atoms with Crippen LogP contribution in [0.25, 0.3) is 5.65 Å². The zero-order chi connectivity index (χ0) is 11.0. The highest BCUT2D eigenvalue weighted by molar-refractivity contribution is 5.39. The van der Waals surface area contributed by atoms with Gasteiger partial charge in [0.15, 0.2) is 0 Å². The first-order valence-corrected chi connectivity index (χ1v) is 5.71. The summed E-state index contributed by atoms with van der Waals surface area (Å²) in [6.45, 7) is 3.12. The summed E-state index contributed by atoms with van der Waals surface area (Å²) in [5.41, 5.74) is 8.22. The van der Waals surface area contributed by atoms with Crippen LogP contribution in [0.2, 0.25) is 0 Å². The number of hydrogen-bond donors (Lipinski definition) is 1. The number of fused-ring (bicyclic) bond motifs is 1. The van der Waals surface area contributed by atoms with Gasteiger partial charge in [-0.3, -0.25) is 4.90 Å². The molecule has 0 bridgehead atoms. The van der Waals surface area contributed by atoms with E-state index >= 15 is 0 Å². The lowest BCUT2D eigenvalue weighted by Crippen LogP contribution is -2.26. The number of nitrogens with two attached hydrogens (primary N) is 1. The van der Waals surface area contributed by atoms with Crippen molar-refractivity contribution in [2.45, 2.75) is 19.0 Å². The molecule has 0 saturated carbocycles. The van der Waals surface area contributed by atoms with Crippen LogP contribution in [0.15, 0.2) is 30.7 Å². The van der Waals surface area contributed by atoms with E-state index in [1.807, 2.05) is 12.4 Å². The van der Waals surface area contributed by atoms with E-state index < -0.39 is 0 Å². The molecule has 0 amide bonds. The van der Waals surface area contributed by atoms with Gasteiger partial charge in [-0.2, -0.15) is 0 Å². The summed E-state index contributed by atoms with van der Waals surface area (Å²) in [6.07, 6.45) is 7.07. The molecule has 0 aromatic carbocycles. The third-order valence-electron chi connectivity index (χ3n) is 3.17. The summed E-state index contributed by atoms with van der Waals surface area (Å²) < 4.78 is 2.06. The fraction of sp³-hybridized carbons (Fsp3) is 0.417. The van der Waals surface area contributed by atoms with Crippen molar-refractivity contribution in [2.24, 2.45) is 5.73 Å². The van der Waals surface area contributed by atoms with Gasteiger partial charge < -0.3 is 10.1 Å². The minimum absolute atomic E-state index is 0.358. The Morgan fingerprint density at radius 1 is 1.44 bits per heavy atom. The summed E-state index contributed by atoms with van der Waals surface area (Å²) in [7, 11) is 0. The number of hydrogen-bond acceptors (Lipinski definition) is 3. The van der Waals surface area contributed by atoms with Crippen LogP contribution < -0.4 is 5.73 Å². The molecule has 1 saturated heterocycles. The molecule has 0 radical (unpaired) electrons. The molecule has 0 unspecified atom stereocenters. The average Bonchev–Trinajstić information content (AvgIpc) is 2.87. The molecule has 1 aliphatic heterocycles. The third kappa shape index (κ3) is 1.81. The first kappa shape index (κ1) is 9.81. The van der Waals surface area contributed by atoms with Gasteiger partial charge in [0.25, 0.3) is 0 Å². The second kappa shape index (κ2) is 3.88. The largest absolute Gasteiger partial charge is 0.326 e. The highest BCUT2D eigenvalue weighted by atomic mass is 15.2. The van der Waals surface area contributed by atoms with Crippen molar-refractivity contribution < 1.29 is 0 Å². The summed E-state index contributed by atoms with van der Waals surface area (Å²) in [6, 6.07) is 4.56. The Kier molecular flexibility index (Phi) is 2.38. The van der Waals surface area contributed by atoms with Crippen LogP contribution in [-0.4, -0.2) is 33.4 Å². The second-order valence-corrected chi connectivity index (χ2v) is 4.51. The molecule has 1 atom stereocenters. The third-order valence-corrected chi connectivity index (χ3v) is 3.17. The SMILES string of the molecule is N[C@H]1CCN(Cc2ccc3nccn3c2)C1. The quantitative estimate of drug-likeness (QED) is 0.810. The van der Waals surface area contributed by atoms with Crippen LogP contribution in [0, 0.1) is 0 Å². The number of pyridine rings is 1. The molecule has 84 valence electrons. The summed E-state index contributed by atoms with van der Waals surface area (Å²) in [5.74, 6) is 0. The molecular weight excluding hydrogens is 200 g/mol. The topological polar surface area (TPSA) is 46.6 Å². The van der Waals surface area contributed by atoms with E-state index in [0.717, 1.165) is 31.7 Å².